The molecule has 3 rings (SSSR count). The first kappa shape index (κ1) is 12.0. The van der Waals surface area contributed by atoms with Crippen LogP contribution in [0.15, 0.2) is 0 Å². The van der Waals surface area contributed by atoms with E-state index in [2.05, 4.69) is 27.5 Å². The summed E-state index contributed by atoms with van der Waals surface area (Å²) in [6, 6.07) is 0. The highest BCUT2D eigenvalue weighted by Crippen LogP contribution is 2.32. The molecule has 18 heavy (non-hydrogen) atoms. The number of aryl methyl sites for hydroxylation is 1. The molecule has 0 aromatic carbocycles. The fraction of sp³-hybridized carbons (Fsp3) is 0.667. The second-order valence-corrected chi connectivity index (χ2v) is 5.52. The fourth-order valence-electron chi connectivity index (χ4n) is 2.45. The lowest BCUT2D eigenvalue weighted by atomic mass is 10.0. The summed E-state index contributed by atoms with van der Waals surface area (Å²) in [5.41, 5.74) is 1.94. The first-order valence-corrected chi connectivity index (χ1v) is 6.70. The third-order valence-corrected chi connectivity index (χ3v) is 3.66. The first-order chi connectivity index (χ1) is 8.66. The molecule has 1 aromatic rings. The molecule has 0 radical (unpaired) electrons. The Bertz CT molecular complexity index is 460. The van der Waals surface area contributed by atoms with Crippen LogP contribution in [0.5, 0.6) is 0 Å². The van der Waals surface area contributed by atoms with Gasteiger partial charge in [-0.25, -0.2) is 4.98 Å². The second kappa shape index (κ2) is 4.55. The van der Waals surface area contributed by atoms with Crippen LogP contribution in [0.3, 0.4) is 0 Å². The van der Waals surface area contributed by atoms with Crippen LogP contribution in [0.25, 0.3) is 0 Å². The van der Waals surface area contributed by atoms with Gasteiger partial charge in [0.2, 0.25) is 5.28 Å². The SMILES string of the molecule is CC1(Nc2nc(Cl)nc3c2NCCC3)CCOC1. The van der Waals surface area contributed by atoms with E-state index in [0.717, 1.165) is 49.6 Å². The van der Waals surface area contributed by atoms with Crippen molar-refractivity contribution < 1.29 is 4.74 Å². The minimum absolute atomic E-state index is 0.0649. The Morgan fingerprint density at radius 2 is 2.33 bits per heavy atom. The normalized spacial score (nSPS) is 26.6. The van der Waals surface area contributed by atoms with Gasteiger partial charge in [0.25, 0.3) is 0 Å². The maximum atomic E-state index is 5.99. The standard InChI is InChI=1S/C12H17ClN4O/c1-12(4-6-18-7-12)17-10-9-8(3-2-5-14-9)15-11(13)16-10/h14H,2-7H2,1H3,(H,15,16,17). The summed E-state index contributed by atoms with van der Waals surface area (Å²) in [6.07, 6.45) is 3.01. The number of ether oxygens (including phenoxy) is 1. The molecule has 1 unspecified atom stereocenters. The number of anilines is 2. The molecule has 2 aliphatic rings. The Morgan fingerprint density at radius 3 is 3.11 bits per heavy atom. The van der Waals surface area contributed by atoms with Crippen LogP contribution in [-0.4, -0.2) is 35.3 Å². The van der Waals surface area contributed by atoms with Crippen LogP contribution < -0.4 is 10.6 Å². The molecular weight excluding hydrogens is 252 g/mol. The molecule has 6 heteroatoms. The van der Waals surface area contributed by atoms with Crippen molar-refractivity contribution in [3.8, 4) is 0 Å². The molecule has 98 valence electrons. The maximum Gasteiger partial charge on any atom is 0.224 e. The minimum atomic E-state index is -0.0649. The molecule has 0 bridgehead atoms. The highest BCUT2D eigenvalue weighted by atomic mass is 35.5. The van der Waals surface area contributed by atoms with Gasteiger partial charge in [-0.2, -0.15) is 4.98 Å². The van der Waals surface area contributed by atoms with Crippen molar-refractivity contribution in [1.29, 1.82) is 0 Å². The molecule has 0 spiro atoms. The van der Waals surface area contributed by atoms with Crippen molar-refractivity contribution in [2.24, 2.45) is 0 Å². The van der Waals surface area contributed by atoms with E-state index in [1.807, 2.05) is 0 Å². The zero-order chi connectivity index (χ0) is 12.6. The van der Waals surface area contributed by atoms with Gasteiger partial charge < -0.3 is 15.4 Å². The zero-order valence-electron chi connectivity index (χ0n) is 10.4. The number of aromatic nitrogens is 2. The molecule has 2 aliphatic heterocycles. The highest BCUT2D eigenvalue weighted by Gasteiger charge is 2.31. The largest absolute Gasteiger partial charge is 0.381 e. The maximum absolute atomic E-state index is 5.99. The number of hydrogen-bond donors (Lipinski definition) is 2. The fourth-order valence-corrected chi connectivity index (χ4v) is 2.64. The van der Waals surface area contributed by atoms with E-state index in [1.165, 1.54) is 0 Å². The predicted octanol–water partition coefficient (Wildman–Crippen LogP) is 2.08. The molecule has 5 nitrogen and oxygen atoms in total. The van der Waals surface area contributed by atoms with Crippen LogP contribution in [0.1, 0.15) is 25.5 Å². The molecule has 0 amide bonds. The van der Waals surface area contributed by atoms with E-state index < -0.39 is 0 Å². The third-order valence-electron chi connectivity index (χ3n) is 3.49. The second-order valence-electron chi connectivity index (χ2n) is 5.18. The first-order valence-electron chi connectivity index (χ1n) is 6.32. The number of halogens is 1. The van der Waals surface area contributed by atoms with E-state index in [4.69, 9.17) is 16.3 Å². The molecule has 1 saturated heterocycles. The lowest BCUT2D eigenvalue weighted by Crippen LogP contribution is -2.36. The van der Waals surface area contributed by atoms with Crippen molar-refractivity contribution >= 4 is 23.1 Å². The van der Waals surface area contributed by atoms with Crippen molar-refractivity contribution in [3.63, 3.8) is 0 Å². The van der Waals surface area contributed by atoms with Crippen molar-refractivity contribution in [2.45, 2.75) is 31.7 Å². The Hall–Kier alpha value is -1.07. The summed E-state index contributed by atoms with van der Waals surface area (Å²) in [7, 11) is 0. The van der Waals surface area contributed by atoms with Crippen molar-refractivity contribution in [3.05, 3.63) is 11.0 Å². The predicted molar refractivity (Wildman–Crippen MR) is 71.3 cm³/mol. The summed E-state index contributed by atoms with van der Waals surface area (Å²) >= 11 is 5.99. The summed E-state index contributed by atoms with van der Waals surface area (Å²) in [5.74, 6) is 0.803. The smallest absolute Gasteiger partial charge is 0.224 e. The number of rotatable bonds is 2. The summed E-state index contributed by atoms with van der Waals surface area (Å²) in [5, 5.41) is 7.13. The van der Waals surface area contributed by atoms with E-state index >= 15 is 0 Å². The lowest BCUT2D eigenvalue weighted by molar-refractivity contribution is 0.185. The molecule has 3 heterocycles. The Kier molecular flexibility index (Phi) is 3.03. The summed E-state index contributed by atoms with van der Waals surface area (Å²) in [4.78, 5) is 8.61. The summed E-state index contributed by atoms with van der Waals surface area (Å²) < 4.78 is 5.45. The van der Waals surface area contributed by atoms with Gasteiger partial charge in [0.15, 0.2) is 5.82 Å². The van der Waals surface area contributed by atoms with Crippen LogP contribution in [0.2, 0.25) is 5.28 Å². The quantitative estimate of drug-likeness (QED) is 0.805. The van der Waals surface area contributed by atoms with Crippen LogP contribution in [0, 0.1) is 0 Å². The van der Waals surface area contributed by atoms with Crippen LogP contribution in [0.4, 0.5) is 11.5 Å². The Balaban J connectivity index is 1.93. The van der Waals surface area contributed by atoms with Gasteiger partial charge in [-0.1, -0.05) is 0 Å². The third kappa shape index (κ3) is 2.24. The van der Waals surface area contributed by atoms with Gasteiger partial charge in [0, 0.05) is 13.2 Å². The number of hydrogen-bond acceptors (Lipinski definition) is 5. The van der Waals surface area contributed by atoms with E-state index in [0.29, 0.717) is 11.9 Å². The van der Waals surface area contributed by atoms with Gasteiger partial charge in [-0.3, -0.25) is 0 Å². The molecule has 2 N–H and O–H groups in total. The molecule has 1 atom stereocenters. The average molecular weight is 269 g/mol. The molecule has 1 aromatic heterocycles. The Labute approximate surface area is 111 Å². The topological polar surface area (TPSA) is 59.1 Å². The van der Waals surface area contributed by atoms with Gasteiger partial charge in [-0.05, 0) is 37.8 Å². The van der Waals surface area contributed by atoms with Crippen molar-refractivity contribution in [1.82, 2.24) is 9.97 Å². The zero-order valence-corrected chi connectivity index (χ0v) is 11.2. The molecule has 0 aliphatic carbocycles. The van der Waals surface area contributed by atoms with E-state index in [1.54, 1.807) is 0 Å². The number of fused-ring (bicyclic) bond motifs is 1. The van der Waals surface area contributed by atoms with Gasteiger partial charge in [-0.15, -0.1) is 0 Å². The Morgan fingerprint density at radius 1 is 1.44 bits per heavy atom. The molecular formula is C12H17ClN4O. The monoisotopic (exact) mass is 268 g/mol. The average Bonchev–Trinajstić information content (AvgIpc) is 2.75. The van der Waals surface area contributed by atoms with Gasteiger partial charge >= 0.3 is 0 Å². The van der Waals surface area contributed by atoms with Gasteiger partial charge in [0.05, 0.1) is 23.5 Å². The summed E-state index contributed by atoms with van der Waals surface area (Å²) in [6.45, 7) is 4.59. The van der Waals surface area contributed by atoms with E-state index in [-0.39, 0.29) is 5.54 Å². The van der Waals surface area contributed by atoms with Crippen LogP contribution in [-0.2, 0) is 11.2 Å². The molecule has 1 fully saturated rings. The number of nitrogens with one attached hydrogen (secondary N) is 2. The van der Waals surface area contributed by atoms with Crippen molar-refractivity contribution in [2.75, 3.05) is 30.4 Å². The van der Waals surface area contributed by atoms with E-state index in [9.17, 15) is 0 Å². The number of nitrogens with zero attached hydrogens (tertiary/aromatic N) is 2. The minimum Gasteiger partial charge on any atom is -0.381 e. The van der Waals surface area contributed by atoms with Gasteiger partial charge in [0.1, 0.15) is 0 Å². The molecule has 0 saturated carbocycles. The highest BCUT2D eigenvalue weighted by molar-refractivity contribution is 6.28. The lowest BCUT2D eigenvalue weighted by Gasteiger charge is -2.28. The van der Waals surface area contributed by atoms with Crippen LogP contribution >= 0.6 is 11.6 Å².